The summed E-state index contributed by atoms with van der Waals surface area (Å²) in [5.74, 6) is 0. The van der Waals surface area contributed by atoms with Crippen LogP contribution in [-0.2, 0) is 4.74 Å². The van der Waals surface area contributed by atoms with E-state index in [-0.39, 0.29) is 12.1 Å². The second-order valence-electron chi connectivity index (χ2n) is 4.00. The molecule has 1 unspecified atom stereocenters. The number of ether oxygens (including phenoxy) is 1. The Morgan fingerprint density at radius 1 is 1.46 bits per heavy atom. The number of piperidine rings is 1. The summed E-state index contributed by atoms with van der Waals surface area (Å²) >= 11 is 0. The van der Waals surface area contributed by atoms with Crippen LogP contribution in [0.25, 0.3) is 0 Å². The molecule has 2 aliphatic rings. The Balaban J connectivity index is 1.95. The Kier molecular flexibility index (Phi) is 2.67. The van der Waals surface area contributed by atoms with E-state index in [1.807, 2.05) is 0 Å². The van der Waals surface area contributed by atoms with Crippen LogP contribution in [0.5, 0.6) is 0 Å². The predicted octanol–water partition coefficient (Wildman–Crippen LogP) is 0.398. The summed E-state index contributed by atoms with van der Waals surface area (Å²) in [5.41, 5.74) is 1.28. The molecule has 2 saturated heterocycles. The molecule has 0 amide bonds. The van der Waals surface area contributed by atoms with Gasteiger partial charge in [-0.1, -0.05) is 12.2 Å². The molecule has 2 aliphatic heterocycles. The molecule has 2 fully saturated rings. The van der Waals surface area contributed by atoms with Gasteiger partial charge in [0.25, 0.3) is 0 Å². The number of likely N-dealkylation sites (tertiary alicyclic amines) is 1. The van der Waals surface area contributed by atoms with Gasteiger partial charge in [0, 0.05) is 6.54 Å². The smallest absolute Gasteiger partial charge is 0.0950 e. The molecule has 74 valence electrons. The maximum Gasteiger partial charge on any atom is 0.0950 e. The second kappa shape index (κ2) is 3.78. The molecule has 0 aromatic heterocycles. The molecule has 2 atom stereocenters. The molecule has 2 heterocycles. The van der Waals surface area contributed by atoms with Crippen molar-refractivity contribution in [3.05, 3.63) is 12.2 Å². The number of hydrogen-bond donors (Lipinski definition) is 1. The first-order chi connectivity index (χ1) is 6.27. The van der Waals surface area contributed by atoms with Crippen molar-refractivity contribution in [3.8, 4) is 0 Å². The van der Waals surface area contributed by atoms with Gasteiger partial charge in [0.05, 0.1) is 25.4 Å². The van der Waals surface area contributed by atoms with Crippen molar-refractivity contribution in [1.29, 1.82) is 0 Å². The van der Waals surface area contributed by atoms with E-state index in [0.717, 1.165) is 19.5 Å². The van der Waals surface area contributed by atoms with Gasteiger partial charge in [0.1, 0.15) is 0 Å². The van der Waals surface area contributed by atoms with Crippen molar-refractivity contribution in [2.45, 2.75) is 25.0 Å². The maximum atomic E-state index is 9.63. The van der Waals surface area contributed by atoms with Crippen LogP contribution in [0.15, 0.2) is 12.2 Å². The lowest BCUT2D eigenvalue weighted by Gasteiger charge is -2.33. The molecule has 0 saturated carbocycles. The molecule has 1 N–H and O–H groups in total. The SMILES string of the molecule is C=C1CCCN(C2COC[C@H]2O)C1. The van der Waals surface area contributed by atoms with Gasteiger partial charge in [0.15, 0.2) is 0 Å². The number of nitrogens with zero attached hydrogens (tertiary/aromatic N) is 1. The summed E-state index contributed by atoms with van der Waals surface area (Å²) in [4.78, 5) is 2.30. The van der Waals surface area contributed by atoms with Crippen LogP contribution < -0.4 is 0 Å². The lowest BCUT2D eigenvalue weighted by molar-refractivity contribution is 0.0807. The molecular weight excluding hydrogens is 166 g/mol. The quantitative estimate of drug-likeness (QED) is 0.597. The van der Waals surface area contributed by atoms with Crippen molar-refractivity contribution in [2.24, 2.45) is 0 Å². The summed E-state index contributed by atoms with van der Waals surface area (Å²) < 4.78 is 5.24. The van der Waals surface area contributed by atoms with Crippen molar-refractivity contribution < 1.29 is 9.84 Å². The first kappa shape index (κ1) is 9.19. The zero-order valence-corrected chi connectivity index (χ0v) is 7.91. The summed E-state index contributed by atoms with van der Waals surface area (Å²) in [7, 11) is 0. The van der Waals surface area contributed by atoms with Gasteiger partial charge >= 0.3 is 0 Å². The topological polar surface area (TPSA) is 32.7 Å². The molecule has 0 spiro atoms. The molecule has 3 nitrogen and oxygen atoms in total. The average molecular weight is 183 g/mol. The molecule has 0 radical (unpaired) electrons. The summed E-state index contributed by atoms with van der Waals surface area (Å²) in [6.45, 7) is 7.17. The third-order valence-corrected chi connectivity index (χ3v) is 2.89. The number of aliphatic hydroxyl groups is 1. The highest BCUT2D eigenvalue weighted by Crippen LogP contribution is 2.20. The van der Waals surface area contributed by atoms with E-state index in [1.165, 1.54) is 12.0 Å². The highest BCUT2D eigenvalue weighted by atomic mass is 16.5. The Hall–Kier alpha value is -0.380. The third-order valence-electron chi connectivity index (χ3n) is 2.89. The Labute approximate surface area is 79.0 Å². The van der Waals surface area contributed by atoms with Crippen LogP contribution in [0, 0.1) is 0 Å². The molecule has 0 aromatic rings. The van der Waals surface area contributed by atoms with Crippen LogP contribution >= 0.6 is 0 Å². The predicted molar refractivity (Wildman–Crippen MR) is 50.6 cm³/mol. The fourth-order valence-corrected chi connectivity index (χ4v) is 2.14. The van der Waals surface area contributed by atoms with Crippen molar-refractivity contribution >= 4 is 0 Å². The Bertz CT molecular complexity index is 205. The van der Waals surface area contributed by atoms with Gasteiger partial charge in [-0.05, 0) is 19.4 Å². The standard InChI is InChI=1S/C10H17NO2/c1-8-3-2-4-11(5-8)9-6-13-7-10(9)12/h9-10,12H,1-7H2/t9?,10-/m1/s1. The Morgan fingerprint density at radius 3 is 2.92 bits per heavy atom. The molecule has 0 aliphatic carbocycles. The largest absolute Gasteiger partial charge is 0.389 e. The van der Waals surface area contributed by atoms with Crippen molar-refractivity contribution in [2.75, 3.05) is 26.3 Å². The lowest BCUT2D eigenvalue weighted by Crippen LogP contribution is -2.46. The summed E-state index contributed by atoms with van der Waals surface area (Å²) in [5, 5.41) is 9.63. The molecule has 3 heteroatoms. The van der Waals surface area contributed by atoms with Crippen LogP contribution in [0.1, 0.15) is 12.8 Å². The average Bonchev–Trinajstić information content (AvgIpc) is 2.51. The summed E-state index contributed by atoms with van der Waals surface area (Å²) in [6, 6.07) is 0.206. The fourth-order valence-electron chi connectivity index (χ4n) is 2.14. The minimum absolute atomic E-state index is 0.206. The van der Waals surface area contributed by atoms with Gasteiger partial charge in [-0.25, -0.2) is 0 Å². The van der Waals surface area contributed by atoms with Gasteiger partial charge in [-0.15, -0.1) is 0 Å². The molecular formula is C10H17NO2. The van der Waals surface area contributed by atoms with Gasteiger partial charge < -0.3 is 9.84 Å². The minimum Gasteiger partial charge on any atom is -0.389 e. The lowest BCUT2D eigenvalue weighted by atomic mass is 10.0. The summed E-state index contributed by atoms with van der Waals surface area (Å²) in [6.07, 6.45) is 2.01. The van der Waals surface area contributed by atoms with Crippen LogP contribution in [0.3, 0.4) is 0 Å². The second-order valence-corrected chi connectivity index (χ2v) is 4.00. The first-order valence-electron chi connectivity index (χ1n) is 4.94. The zero-order valence-electron chi connectivity index (χ0n) is 7.91. The number of rotatable bonds is 1. The highest BCUT2D eigenvalue weighted by Gasteiger charge is 2.32. The van der Waals surface area contributed by atoms with Gasteiger partial charge in [-0.3, -0.25) is 4.90 Å². The Morgan fingerprint density at radius 2 is 2.31 bits per heavy atom. The van der Waals surface area contributed by atoms with Crippen molar-refractivity contribution in [1.82, 2.24) is 4.90 Å². The number of hydrogen-bond acceptors (Lipinski definition) is 3. The van der Waals surface area contributed by atoms with Crippen molar-refractivity contribution in [3.63, 3.8) is 0 Å². The molecule has 2 rings (SSSR count). The van der Waals surface area contributed by atoms with Crippen LogP contribution in [0.4, 0.5) is 0 Å². The van der Waals surface area contributed by atoms with E-state index < -0.39 is 0 Å². The third kappa shape index (κ3) is 1.93. The van der Waals surface area contributed by atoms with Crippen LogP contribution in [0.2, 0.25) is 0 Å². The maximum absolute atomic E-state index is 9.63. The van der Waals surface area contributed by atoms with E-state index >= 15 is 0 Å². The monoisotopic (exact) mass is 183 g/mol. The molecule has 0 aromatic carbocycles. The van der Waals surface area contributed by atoms with Gasteiger partial charge in [0.2, 0.25) is 0 Å². The van der Waals surface area contributed by atoms with Crippen LogP contribution in [-0.4, -0.2) is 48.5 Å². The van der Waals surface area contributed by atoms with E-state index in [1.54, 1.807) is 0 Å². The normalized spacial score (nSPS) is 36.8. The highest BCUT2D eigenvalue weighted by molar-refractivity contribution is 5.03. The fraction of sp³-hybridized carbons (Fsp3) is 0.800. The van der Waals surface area contributed by atoms with E-state index in [9.17, 15) is 5.11 Å². The molecule has 0 bridgehead atoms. The van der Waals surface area contributed by atoms with E-state index in [2.05, 4.69) is 11.5 Å². The van der Waals surface area contributed by atoms with Gasteiger partial charge in [-0.2, -0.15) is 0 Å². The molecule has 13 heavy (non-hydrogen) atoms. The number of aliphatic hydroxyl groups excluding tert-OH is 1. The zero-order chi connectivity index (χ0) is 9.26. The van der Waals surface area contributed by atoms with E-state index in [4.69, 9.17) is 4.74 Å². The first-order valence-corrected chi connectivity index (χ1v) is 4.94. The minimum atomic E-state index is -0.300. The van der Waals surface area contributed by atoms with E-state index in [0.29, 0.717) is 13.2 Å².